The third kappa shape index (κ3) is 6.65. The summed E-state index contributed by atoms with van der Waals surface area (Å²) in [5.41, 5.74) is 9.39. The van der Waals surface area contributed by atoms with Gasteiger partial charge in [0.2, 0.25) is 0 Å². The number of hydrogen-bond donors (Lipinski definition) is 0. The lowest BCUT2D eigenvalue weighted by Gasteiger charge is -2.36. The van der Waals surface area contributed by atoms with E-state index in [1.807, 2.05) is 6.07 Å². The number of methoxy groups -OCH3 is 1. The first kappa shape index (κ1) is 28.1. The Labute approximate surface area is 234 Å². The molecule has 2 aromatic rings. The van der Waals surface area contributed by atoms with Gasteiger partial charge < -0.3 is 9.64 Å². The number of benzene rings is 2. The van der Waals surface area contributed by atoms with Crippen LogP contribution < -0.4 is 0 Å². The maximum atomic E-state index is 12.6. The van der Waals surface area contributed by atoms with Crippen molar-refractivity contribution < 1.29 is 13.9 Å². The van der Waals surface area contributed by atoms with Crippen molar-refractivity contribution in [3.63, 3.8) is 0 Å². The average Bonchev–Trinajstić information content (AvgIpc) is 3.30. The molecule has 1 heterocycles. The van der Waals surface area contributed by atoms with Crippen molar-refractivity contribution in [1.29, 1.82) is 0 Å². The zero-order valence-corrected chi connectivity index (χ0v) is 24.2. The summed E-state index contributed by atoms with van der Waals surface area (Å²) in [6.45, 7) is 7.69. The van der Waals surface area contributed by atoms with Gasteiger partial charge in [0.1, 0.15) is 0 Å². The average molecular weight is 532 g/mol. The first-order valence-electron chi connectivity index (χ1n) is 15.2. The number of likely N-dealkylation sites (tertiary alicyclic amines) is 1. The molecule has 5 rings (SSSR count). The van der Waals surface area contributed by atoms with Crippen LogP contribution in [0.1, 0.15) is 97.8 Å². The second kappa shape index (κ2) is 12.4. The molecule has 2 aliphatic carbocycles. The number of nitrogens with zero attached hydrogens (tertiary/aromatic N) is 1. The van der Waals surface area contributed by atoms with E-state index in [0.29, 0.717) is 29.2 Å². The largest absolute Gasteiger partial charge is 0.465 e. The molecule has 0 radical (unpaired) electrons. The van der Waals surface area contributed by atoms with E-state index in [-0.39, 0.29) is 12.6 Å². The second-order valence-corrected chi connectivity index (χ2v) is 13.0. The van der Waals surface area contributed by atoms with Gasteiger partial charge in [0.25, 0.3) is 0 Å². The molecule has 39 heavy (non-hydrogen) atoms. The minimum atomic E-state index is -0.262. The number of halogens is 1. The Hall–Kier alpha value is -2.46. The summed E-state index contributed by atoms with van der Waals surface area (Å²) < 4.78 is 17.6. The molecule has 0 spiro atoms. The third-order valence-corrected chi connectivity index (χ3v) is 9.59. The van der Waals surface area contributed by atoms with Gasteiger partial charge in [0.15, 0.2) is 0 Å². The van der Waals surface area contributed by atoms with Crippen LogP contribution in [0.4, 0.5) is 4.39 Å². The van der Waals surface area contributed by atoms with Gasteiger partial charge in [-0.05, 0) is 128 Å². The zero-order valence-electron chi connectivity index (χ0n) is 24.2. The molecule has 1 saturated carbocycles. The highest BCUT2D eigenvalue weighted by molar-refractivity contribution is 5.92. The van der Waals surface area contributed by atoms with Gasteiger partial charge in [0.05, 0.1) is 19.3 Å². The summed E-state index contributed by atoms with van der Waals surface area (Å²) in [6, 6.07) is 15.5. The number of esters is 1. The molecule has 3 nitrogen and oxygen atoms in total. The summed E-state index contributed by atoms with van der Waals surface area (Å²) in [4.78, 5) is 14.7. The van der Waals surface area contributed by atoms with E-state index in [1.165, 1.54) is 67.0 Å². The molecule has 0 bridgehead atoms. The number of carbonyl (C=O) groups excluding carboxylic acids is 1. The van der Waals surface area contributed by atoms with E-state index >= 15 is 0 Å². The number of carbonyl (C=O) groups is 1. The number of aryl methyl sites for hydroxylation is 1. The van der Waals surface area contributed by atoms with Crippen LogP contribution >= 0.6 is 0 Å². The van der Waals surface area contributed by atoms with Gasteiger partial charge in [-0.25, -0.2) is 4.79 Å². The number of alkyl halides is 1. The van der Waals surface area contributed by atoms with Gasteiger partial charge in [-0.3, -0.25) is 4.39 Å². The minimum Gasteiger partial charge on any atom is -0.465 e. The van der Waals surface area contributed by atoms with Crippen molar-refractivity contribution in [3.05, 3.63) is 75.9 Å². The number of allylic oxidation sites excluding steroid dienone is 1. The molecule has 0 N–H and O–H groups in total. The van der Waals surface area contributed by atoms with E-state index in [2.05, 4.69) is 55.1 Å². The van der Waals surface area contributed by atoms with Crippen LogP contribution in [0.25, 0.3) is 5.57 Å². The van der Waals surface area contributed by atoms with Crippen LogP contribution in [-0.2, 0) is 17.6 Å². The van der Waals surface area contributed by atoms with E-state index < -0.39 is 0 Å². The van der Waals surface area contributed by atoms with Crippen molar-refractivity contribution in [2.75, 3.05) is 33.4 Å². The zero-order chi connectivity index (χ0) is 27.4. The van der Waals surface area contributed by atoms with Crippen LogP contribution in [0.3, 0.4) is 0 Å². The highest BCUT2D eigenvalue weighted by Crippen LogP contribution is 2.46. The van der Waals surface area contributed by atoms with Crippen LogP contribution in [0, 0.1) is 17.3 Å². The maximum Gasteiger partial charge on any atom is 0.337 e. The fourth-order valence-corrected chi connectivity index (χ4v) is 7.26. The Morgan fingerprint density at radius 1 is 1.05 bits per heavy atom. The van der Waals surface area contributed by atoms with E-state index in [4.69, 9.17) is 4.74 Å². The first-order chi connectivity index (χ1) is 18.9. The fourth-order valence-electron chi connectivity index (χ4n) is 7.26. The topological polar surface area (TPSA) is 29.5 Å². The molecular weight excluding hydrogens is 485 g/mol. The van der Waals surface area contributed by atoms with E-state index in [9.17, 15) is 9.18 Å². The lowest BCUT2D eigenvalue weighted by atomic mass is 9.69. The van der Waals surface area contributed by atoms with Crippen molar-refractivity contribution in [3.8, 4) is 0 Å². The van der Waals surface area contributed by atoms with Crippen molar-refractivity contribution in [1.82, 2.24) is 4.90 Å². The van der Waals surface area contributed by atoms with Crippen molar-refractivity contribution in [2.24, 2.45) is 17.3 Å². The van der Waals surface area contributed by atoms with E-state index in [0.717, 1.165) is 45.3 Å². The van der Waals surface area contributed by atoms with Gasteiger partial charge >= 0.3 is 5.97 Å². The van der Waals surface area contributed by atoms with E-state index in [1.54, 1.807) is 5.57 Å². The number of rotatable bonds is 8. The monoisotopic (exact) mass is 531 g/mol. The summed E-state index contributed by atoms with van der Waals surface area (Å²) in [6.07, 6.45) is 11.3. The Bertz CT molecular complexity index is 1170. The van der Waals surface area contributed by atoms with Gasteiger partial charge in [-0.15, -0.1) is 0 Å². The Morgan fingerprint density at radius 3 is 2.54 bits per heavy atom. The van der Waals surface area contributed by atoms with Crippen molar-refractivity contribution in [2.45, 2.75) is 78.1 Å². The molecule has 1 saturated heterocycles. The molecule has 2 fully saturated rings. The molecule has 1 unspecified atom stereocenters. The van der Waals surface area contributed by atoms with Crippen LogP contribution in [0.5, 0.6) is 0 Å². The number of ether oxygens (including phenoxy) is 1. The van der Waals surface area contributed by atoms with Crippen LogP contribution in [-0.4, -0.2) is 44.3 Å². The summed E-state index contributed by atoms with van der Waals surface area (Å²) in [5.74, 6) is 1.03. The molecule has 1 atom stereocenters. The van der Waals surface area contributed by atoms with Crippen LogP contribution in [0.2, 0.25) is 0 Å². The number of hydrogen-bond acceptors (Lipinski definition) is 3. The summed E-state index contributed by atoms with van der Waals surface area (Å²) in [5, 5.41) is 0. The lowest BCUT2D eigenvalue weighted by Crippen LogP contribution is -2.23. The van der Waals surface area contributed by atoms with Crippen LogP contribution in [0.15, 0.2) is 48.0 Å². The predicted octanol–water partition coefficient (Wildman–Crippen LogP) is 8.05. The lowest BCUT2D eigenvalue weighted by molar-refractivity contribution is 0.0600. The molecule has 0 amide bonds. The van der Waals surface area contributed by atoms with Gasteiger partial charge in [-0.2, -0.15) is 0 Å². The Kier molecular flexibility index (Phi) is 8.91. The number of fused-ring (bicyclic) bond motifs is 1. The van der Waals surface area contributed by atoms with Gasteiger partial charge in [-0.1, -0.05) is 49.8 Å². The minimum absolute atomic E-state index is 0.216. The molecule has 2 aromatic carbocycles. The summed E-state index contributed by atoms with van der Waals surface area (Å²) in [7, 11) is 1.46. The molecule has 1 aliphatic heterocycles. The molecule has 4 heteroatoms. The normalized spacial score (nSPS) is 22.0. The Morgan fingerprint density at radius 2 is 1.82 bits per heavy atom. The predicted molar refractivity (Wildman–Crippen MR) is 158 cm³/mol. The SMILES string of the molecule is COC(=O)c1ccc2c(c1)CCCC(C1CCC(C)(C)CC1)=C2c1ccc(CC2CCN(CCCF)C2)cc1. The maximum absolute atomic E-state index is 12.6. The molecule has 3 aliphatic rings. The molecule has 210 valence electrons. The summed E-state index contributed by atoms with van der Waals surface area (Å²) >= 11 is 0. The highest BCUT2D eigenvalue weighted by Gasteiger charge is 2.32. The highest BCUT2D eigenvalue weighted by atomic mass is 19.1. The molecular formula is C35H46FNO2. The fraction of sp³-hybridized carbons (Fsp3) is 0.571. The second-order valence-electron chi connectivity index (χ2n) is 13.0. The first-order valence-corrected chi connectivity index (χ1v) is 15.2. The smallest absolute Gasteiger partial charge is 0.337 e. The standard InChI is InChI=1S/C35H46FNO2/c1-35(2)17-14-27(15-18-35)31-7-4-6-29-23-30(34(38)39-3)12-13-32(29)33(31)28-10-8-25(9-11-28)22-26-16-21-37(24-26)20-5-19-36/h8-13,23,26-27H,4-7,14-22,24H2,1-3H3. The molecule has 0 aromatic heterocycles. The third-order valence-electron chi connectivity index (χ3n) is 9.59. The quantitative estimate of drug-likeness (QED) is 0.323. The Balaban J connectivity index is 1.44. The van der Waals surface area contributed by atoms with Gasteiger partial charge in [0, 0.05) is 13.1 Å². The van der Waals surface area contributed by atoms with Crippen molar-refractivity contribution >= 4 is 11.5 Å².